The van der Waals surface area contributed by atoms with Gasteiger partial charge in [-0.1, -0.05) is 12.2 Å². The summed E-state index contributed by atoms with van der Waals surface area (Å²) in [5, 5.41) is 3.02. The molecule has 1 N–H and O–H groups in total. The largest absolute Gasteiger partial charge is 0.494 e. The summed E-state index contributed by atoms with van der Waals surface area (Å²) < 4.78 is 11.6. The third-order valence-electron chi connectivity index (χ3n) is 4.41. The minimum atomic E-state index is 0.0961. The first kappa shape index (κ1) is 15.9. The molecule has 1 aromatic rings. The van der Waals surface area contributed by atoms with Crippen LogP contribution in [0.2, 0.25) is 0 Å². The third-order valence-corrected chi connectivity index (χ3v) is 4.41. The molecule has 23 heavy (non-hydrogen) atoms. The molecule has 1 heterocycles. The van der Waals surface area contributed by atoms with E-state index in [0.717, 1.165) is 36.3 Å². The van der Waals surface area contributed by atoms with Crippen LogP contribution in [0.1, 0.15) is 44.2 Å². The normalized spacial score (nSPS) is 21.8. The Labute approximate surface area is 137 Å². The summed E-state index contributed by atoms with van der Waals surface area (Å²) >= 11 is 0. The summed E-state index contributed by atoms with van der Waals surface area (Å²) in [6.07, 6.45) is 8.17. The van der Waals surface area contributed by atoms with E-state index in [9.17, 15) is 4.79 Å². The molecule has 4 heteroatoms. The van der Waals surface area contributed by atoms with E-state index in [0.29, 0.717) is 25.5 Å². The second-order valence-corrected chi connectivity index (χ2v) is 6.38. The average molecular weight is 315 g/mol. The molecule has 0 saturated carbocycles. The first-order valence-electron chi connectivity index (χ1n) is 8.54. The maximum atomic E-state index is 12.1. The second kappa shape index (κ2) is 7.07. The molecule has 1 aromatic carbocycles. The molecule has 124 valence electrons. The Morgan fingerprint density at radius 3 is 3.04 bits per heavy atom. The first-order chi connectivity index (χ1) is 11.2. The van der Waals surface area contributed by atoms with Crippen LogP contribution in [-0.4, -0.2) is 18.6 Å². The zero-order chi connectivity index (χ0) is 16.2. The van der Waals surface area contributed by atoms with Gasteiger partial charge in [-0.2, -0.15) is 0 Å². The number of hydrogen-bond acceptors (Lipinski definition) is 3. The van der Waals surface area contributed by atoms with Gasteiger partial charge in [-0.15, -0.1) is 0 Å². The van der Waals surface area contributed by atoms with Crippen LogP contribution < -0.4 is 14.8 Å². The van der Waals surface area contributed by atoms with Gasteiger partial charge in [0.05, 0.1) is 6.61 Å². The van der Waals surface area contributed by atoms with E-state index in [1.54, 1.807) is 0 Å². The first-order valence-corrected chi connectivity index (χ1v) is 8.54. The summed E-state index contributed by atoms with van der Waals surface area (Å²) in [6.45, 7) is 5.14. The summed E-state index contributed by atoms with van der Waals surface area (Å²) in [7, 11) is 0. The summed E-state index contributed by atoms with van der Waals surface area (Å²) in [5.74, 6) is 2.26. The van der Waals surface area contributed by atoms with Crippen LogP contribution >= 0.6 is 0 Å². The minimum absolute atomic E-state index is 0.0961. The minimum Gasteiger partial charge on any atom is -0.494 e. The fourth-order valence-electron chi connectivity index (χ4n) is 3.28. The number of ether oxygens (including phenoxy) is 2. The Morgan fingerprint density at radius 1 is 1.43 bits per heavy atom. The Balaban J connectivity index is 1.65. The SMILES string of the molecule is CCOc1cc2c(cc1CNC(=O)C[C@@H]1C=CCC1)O[C@H](C)C2. The number of nitrogens with one attached hydrogen (secondary N) is 1. The molecule has 1 amide bonds. The highest BCUT2D eigenvalue weighted by atomic mass is 16.5. The number of hydrogen-bond donors (Lipinski definition) is 1. The lowest BCUT2D eigenvalue weighted by Crippen LogP contribution is -2.24. The molecule has 0 fully saturated rings. The van der Waals surface area contributed by atoms with Crippen molar-refractivity contribution < 1.29 is 14.3 Å². The maximum absolute atomic E-state index is 12.1. The fraction of sp³-hybridized carbons (Fsp3) is 0.526. The average Bonchev–Trinajstić information content (AvgIpc) is 3.13. The van der Waals surface area contributed by atoms with Gasteiger partial charge in [0, 0.05) is 30.5 Å². The van der Waals surface area contributed by atoms with Crippen LogP contribution in [0.5, 0.6) is 11.5 Å². The van der Waals surface area contributed by atoms with Gasteiger partial charge in [-0.3, -0.25) is 4.79 Å². The summed E-state index contributed by atoms with van der Waals surface area (Å²) in [6, 6.07) is 4.07. The van der Waals surface area contributed by atoms with Crippen molar-refractivity contribution >= 4 is 5.91 Å². The predicted octanol–water partition coefficient (Wildman–Crippen LogP) is 3.38. The molecule has 0 aromatic heterocycles. The van der Waals surface area contributed by atoms with Gasteiger partial charge < -0.3 is 14.8 Å². The number of rotatable bonds is 6. The molecule has 0 spiro atoms. The quantitative estimate of drug-likeness (QED) is 0.819. The van der Waals surface area contributed by atoms with Gasteiger partial charge in [0.25, 0.3) is 0 Å². The standard InChI is InChI=1S/C19H25NO3/c1-3-22-17-10-15-8-13(2)23-18(15)11-16(17)12-20-19(21)9-14-6-4-5-7-14/h4,6,10-11,13-14H,3,5,7-9,12H2,1-2H3,(H,20,21)/t13-,14-/m1/s1. The Bertz CT molecular complexity index is 609. The van der Waals surface area contributed by atoms with Crippen molar-refractivity contribution in [3.8, 4) is 11.5 Å². The van der Waals surface area contributed by atoms with E-state index < -0.39 is 0 Å². The number of amides is 1. The van der Waals surface area contributed by atoms with E-state index in [2.05, 4.69) is 30.5 Å². The summed E-state index contributed by atoms with van der Waals surface area (Å²) in [5.41, 5.74) is 2.17. The van der Waals surface area contributed by atoms with Crippen molar-refractivity contribution in [1.29, 1.82) is 0 Å². The molecule has 0 bridgehead atoms. The molecule has 2 aliphatic rings. The molecule has 0 unspecified atom stereocenters. The zero-order valence-corrected chi connectivity index (χ0v) is 13.9. The van der Waals surface area contributed by atoms with Crippen molar-refractivity contribution in [2.75, 3.05) is 6.61 Å². The number of carbonyl (C=O) groups is 1. The lowest BCUT2D eigenvalue weighted by Gasteiger charge is -2.14. The van der Waals surface area contributed by atoms with Crippen molar-refractivity contribution in [3.63, 3.8) is 0 Å². The smallest absolute Gasteiger partial charge is 0.220 e. The molecule has 1 aliphatic carbocycles. The van der Waals surface area contributed by atoms with Crippen LogP contribution in [0.25, 0.3) is 0 Å². The van der Waals surface area contributed by atoms with Crippen LogP contribution in [0.3, 0.4) is 0 Å². The third kappa shape index (κ3) is 3.87. The Kier molecular flexibility index (Phi) is 4.89. The van der Waals surface area contributed by atoms with E-state index in [1.165, 1.54) is 5.56 Å². The second-order valence-electron chi connectivity index (χ2n) is 6.38. The lowest BCUT2D eigenvalue weighted by atomic mass is 10.0. The molecule has 4 nitrogen and oxygen atoms in total. The number of fused-ring (bicyclic) bond motifs is 1. The van der Waals surface area contributed by atoms with Gasteiger partial charge in [0.2, 0.25) is 5.91 Å². The van der Waals surface area contributed by atoms with Crippen molar-refractivity contribution in [1.82, 2.24) is 5.32 Å². The molecule has 3 rings (SSSR count). The van der Waals surface area contributed by atoms with Crippen molar-refractivity contribution in [2.45, 2.75) is 52.2 Å². The van der Waals surface area contributed by atoms with Crippen molar-refractivity contribution in [3.05, 3.63) is 35.4 Å². The molecular weight excluding hydrogens is 290 g/mol. The highest BCUT2D eigenvalue weighted by Gasteiger charge is 2.22. The molecule has 0 saturated heterocycles. The van der Waals surface area contributed by atoms with Gasteiger partial charge in [-0.05, 0) is 44.7 Å². The van der Waals surface area contributed by atoms with Crippen LogP contribution in [0, 0.1) is 5.92 Å². The van der Waals surface area contributed by atoms with E-state index >= 15 is 0 Å². The number of allylic oxidation sites excluding steroid dienone is 2. The van der Waals surface area contributed by atoms with Crippen molar-refractivity contribution in [2.24, 2.45) is 5.92 Å². The van der Waals surface area contributed by atoms with Gasteiger partial charge >= 0.3 is 0 Å². The van der Waals surface area contributed by atoms with Crippen LogP contribution in [-0.2, 0) is 17.8 Å². The van der Waals surface area contributed by atoms with Crippen LogP contribution in [0.4, 0.5) is 0 Å². The highest BCUT2D eigenvalue weighted by Crippen LogP contribution is 2.35. The van der Waals surface area contributed by atoms with Gasteiger partial charge in [0.15, 0.2) is 0 Å². The maximum Gasteiger partial charge on any atom is 0.220 e. The predicted molar refractivity (Wildman–Crippen MR) is 89.7 cm³/mol. The molecule has 0 radical (unpaired) electrons. The topological polar surface area (TPSA) is 47.6 Å². The van der Waals surface area contributed by atoms with E-state index in [1.807, 2.05) is 13.0 Å². The fourth-order valence-corrected chi connectivity index (χ4v) is 3.28. The summed E-state index contributed by atoms with van der Waals surface area (Å²) in [4.78, 5) is 12.1. The van der Waals surface area contributed by atoms with Crippen LogP contribution in [0.15, 0.2) is 24.3 Å². The van der Waals surface area contributed by atoms with Gasteiger partial charge in [-0.25, -0.2) is 0 Å². The molecule has 2 atom stereocenters. The Morgan fingerprint density at radius 2 is 2.30 bits per heavy atom. The number of benzene rings is 1. The highest BCUT2D eigenvalue weighted by molar-refractivity contribution is 5.76. The van der Waals surface area contributed by atoms with E-state index in [-0.39, 0.29) is 12.0 Å². The molecule has 1 aliphatic heterocycles. The number of carbonyl (C=O) groups excluding carboxylic acids is 1. The zero-order valence-electron chi connectivity index (χ0n) is 13.9. The Hall–Kier alpha value is -1.97. The van der Waals surface area contributed by atoms with Gasteiger partial charge in [0.1, 0.15) is 17.6 Å². The molecular formula is C19H25NO3. The van der Waals surface area contributed by atoms with E-state index in [4.69, 9.17) is 9.47 Å². The monoisotopic (exact) mass is 315 g/mol. The lowest BCUT2D eigenvalue weighted by molar-refractivity contribution is -0.121.